The molecule has 0 aromatic carbocycles. The molecule has 0 bridgehead atoms. The fourth-order valence-electron chi connectivity index (χ4n) is 4.23. The summed E-state index contributed by atoms with van der Waals surface area (Å²) in [6.45, 7) is 5.43. The molecule has 2 saturated carbocycles. The van der Waals surface area contributed by atoms with E-state index in [1.165, 1.54) is 0 Å². The van der Waals surface area contributed by atoms with Gasteiger partial charge in [-0.05, 0) is 64.7 Å². The van der Waals surface area contributed by atoms with Gasteiger partial charge in [-0.2, -0.15) is 0 Å². The summed E-state index contributed by atoms with van der Waals surface area (Å²) in [4.78, 5) is 23.8. The van der Waals surface area contributed by atoms with Crippen LogP contribution in [0.25, 0.3) is 0 Å². The smallest absolute Gasteiger partial charge is 0.220 e. The van der Waals surface area contributed by atoms with E-state index >= 15 is 0 Å². The third-order valence-corrected chi connectivity index (χ3v) is 5.82. The van der Waals surface area contributed by atoms with Crippen molar-refractivity contribution in [2.24, 2.45) is 5.92 Å². The van der Waals surface area contributed by atoms with Gasteiger partial charge in [-0.1, -0.05) is 6.92 Å². The second-order valence-electron chi connectivity index (χ2n) is 7.76. The number of ether oxygens (including phenoxy) is 2. The minimum absolute atomic E-state index is 0.124. The third-order valence-electron chi connectivity index (χ3n) is 5.82. The molecule has 5 heteroatoms. The minimum Gasteiger partial charge on any atom is -0.379 e. The molecular formula is C21H37NO4. The van der Waals surface area contributed by atoms with Crippen molar-refractivity contribution >= 4 is 11.7 Å². The molecule has 1 N–H and O–H groups in total. The van der Waals surface area contributed by atoms with E-state index in [4.69, 9.17) is 9.47 Å². The lowest BCUT2D eigenvalue weighted by atomic mass is 9.83. The molecule has 0 aromatic heterocycles. The largest absolute Gasteiger partial charge is 0.379 e. The Morgan fingerprint density at radius 1 is 0.885 bits per heavy atom. The molecule has 2 fully saturated rings. The van der Waals surface area contributed by atoms with Gasteiger partial charge in [0, 0.05) is 38.0 Å². The second-order valence-corrected chi connectivity index (χ2v) is 7.76. The fraction of sp³-hybridized carbons (Fsp3) is 0.905. The summed E-state index contributed by atoms with van der Waals surface area (Å²) in [5, 5.41) is 3.13. The first kappa shape index (κ1) is 21.4. The van der Waals surface area contributed by atoms with E-state index in [1.807, 2.05) is 13.8 Å². The molecule has 26 heavy (non-hydrogen) atoms. The average Bonchev–Trinajstić information content (AvgIpc) is 2.67. The van der Waals surface area contributed by atoms with Gasteiger partial charge in [0.15, 0.2) is 0 Å². The quantitative estimate of drug-likeness (QED) is 0.597. The maximum Gasteiger partial charge on any atom is 0.220 e. The molecule has 0 atom stereocenters. The Balaban J connectivity index is 1.50. The van der Waals surface area contributed by atoms with Gasteiger partial charge < -0.3 is 14.8 Å². The van der Waals surface area contributed by atoms with Crippen LogP contribution in [0.5, 0.6) is 0 Å². The molecule has 0 saturated heterocycles. The summed E-state index contributed by atoms with van der Waals surface area (Å²) in [7, 11) is 0. The maximum absolute atomic E-state index is 12.1. The van der Waals surface area contributed by atoms with Gasteiger partial charge in [0.05, 0.1) is 12.2 Å². The van der Waals surface area contributed by atoms with Crippen LogP contribution in [0.15, 0.2) is 0 Å². The Bertz CT molecular complexity index is 424. The van der Waals surface area contributed by atoms with Crippen LogP contribution < -0.4 is 5.32 Å². The van der Waals surface area contributed by atoms with Crippen molar-refractivity contribution in [1.82, 2.24) is 5.32 Å². The van der Waals surface area contributed by atoms with E-state index in [0.717, 1.165) is 64.4 Å². The van der Waals surface area contributed by atoms with E-state index in [1.54, 1.807) is 0 Å². The van der Waals surface area contributed by atoms with Crippen molar-refractivity contribution < 1.29 is 19.1 Å². The van der Waals surface area contributed by atoms with E-state index < -0.39 is 0 Å². The number of carbonyl (C=O) groups excluding carboxylic acids is 2. The topological polar surface area (TPSA) is 64.6 Å². The molecule has 2 rings (SSSR count). The molecule has 0 aliphatic heterocycles. The predicted molar refractivity (Wildman–Crippen MR) is 102 cm³/mol. The number of hydrogen-bond acceptors (Lipinski definition) is 4. The summed E-state index contributed by atoms with van der Waals surface area (Å²) >= 11 is 0. The Morgan fingerprint density at radius 3 is 2.08 bits per heavy atom. The molecule has 0 heterocycles. The van der Waals surface area contributed by atoms with Crippen LogP contribution in [0.4, 0.5) is 0 Å². The highest BCUT2D eigenvalue weighted by Gasteiger charge is 2.26. The average molecular weight is 368 g/mol. The molecule has 2 aliphatic rings. The number of rotatable bonds is 10. The van der Waals surface area contributed by atoms with Crippen LogP contribution in [0, 0.1) is 5.92 Å². The van der Waals surface area contributed by atoms with Crippen molar-refractivity contribution in [2.75, 3.05) is 13.2 Å². The minimum atomic E-state index is 0.124. The van der Waals surface area contributed by atoms with Crippen molar-refractivity contribution in [3.8, 4) is 0 Å². The lowest BCUT2D eigenvalue weighted by Crippen LogP contribution is -2.38. The zero-order valence-electron chi connectivity index (χ0n) is 16.6. The SMILES string of the molecule is CCO[C@H]1CC[C@H](OCCCC(=O)N[C@H]2CC[C@@H](C(=O)CC)CC2)CC1. The zero-order valence-corrected chi connectivity index (χ0v) is 16.6. The molecule has 150 valence electrons. The molecule has 5 nitrogen and oxygen atoms in total. The third kappa shape index (κ3) is 7.36. The molecule has 1 amide bonds. The summed E-state index contributed by atoms with van der Waals surface area (Å²) in [6, 6.07) is 0.248. The summed E-state index contributed by atoms with van der Waals surface area (Å²) in [5.41, 5.74) is 0. The van der Waals surface area contributed by atoms with Gasteiger partial charge in [0.2, 0.25) is 5.91 Å². The highest BCUT2D eigenvalue weighted by atomic mass is 16.5. The zero-order chi connectivity index (χ0) is 18.8. The molecular weight excluding hydrogens is 330 g/mol. The van der Waals surface area contributed by atoms with E-state index in [9.17, 15) is 9.59 Å². The van der Waals surface area contributed by atoms with Crippen molar-refractivity contribution in [2.45, 2.75) is 103 Å². The summed E-state index contributed by atoms with van der Waals surface area (Å²) in [5.74, 6) is 0.723. The molecule has 2 aliphatic carbocycles. The first-order valence-electron chi connectivity index (χ1n) is 10.7. The summed E-state index contributed by atoms with van der Waals surface area (Å²) < 4.78 is 11.6. The first-order chi connectivity index (χ1) is 12.6. The fourth-order valence-corrected chi connectivity index (χ4v) is 4.23. The standard InChI is InChI=1S/C21H37NO4/c1-3-20(23)16-7-9-17(10-8-16)22-21(24)6-5-15-26-19-13-11-18(12-14-19)25-4-2/h16-19H,3-15H2,1-2H3,(H,22,24)/t16-,17+,18-,19-. The van der Waals surface area contributed by atoms with Gasteiger partial charge >= 0.3 is 0 Å². The lowest BCUT2D eigenvalue weighted by molar-refractivity contribution is -0.124. The highest BCUT2D eigenvalue weighted by Crippen LogP contribution is 2.26. The van der Waals surface area contributed by atoms with Crippen molar-refractivity contribution in [3.63, 3.8) is 0 Å². The molecule has 0 aromatic rings. The number of carbonyl (C=O) groups is 2. The van der Waals surface area contributed by atoms with Crippen LogP contribution in [-0.2, 0) is 19.1 Å². The van der Waals surface area contributed by atoms with Gasteiger partial charge in [-0.15, -0.1) is 0 Å². The van der Waals surface area contributed by atoms with Crippen LogP contribution in [0.2, 0.25) is 0 Å². The summed E-state index contributed by atoms with van der Waals surface area (Å²) in [6.07, 6.45) is 10.7. The number of Topliss-reactive ketones (excluding diaryl/α,β-unsaturated/α-hetero) is 1. The van der Waals surface area contributed by atoms with Gasteiger partial charge in [0.25, 0.3) is 0 Å². The Kier molecular flexibility index (Phi) is 9.62. The molecule has 0 spiro atoms. The van der Waals surface area contributed by atoms with Crippen molar-refractivity contribution in [3.05, 3.63) is 0 Å². The van der Waals surface area contributed by atoms with Gasteiger partial charge in [0.1, 0.15) is 5.78 Å². The maximum atomic E-state index is 12.1. The lowest BCUT2D eigenvalue weighted by Gasteiger charge is -2.29. The normalized spacial score (nSPS) is 29.3. The van der Waals surface area contributed by atoms with Crippen LogP contribution >= 0.6 is 0 Å². The van der Waals surface area contributed by atoms with E-state index in [0.29, 0.717) is 37.4 Å². The van der Waals surface area contributed by atoms with E-state index in [-0.39, 0.29) is 17.9 Å². The van der Waals surface area contributed by atoms with Crippen molar-refractivity contribution in [1.29, 1.82) is 0 Å². The van der Waals surface area contributed by atoms with Crippen LogP contribution in [0.3, 0.4) is 0 Å². The molecule has 0 unspecified atom stereocenters. The highest BCUT2D eigenvalue weighted by molar-refractivity contribution is 5.80. The second kappa shape index (κ2) is 11.7. The predicted octanol–water partition coefficient (Wildman–Crippen LogP) is 3.79. The van der Waals surface area contributed by atoms with Gasteiger partial charge in [-0.25, -0.2) is 0 Å². The van der Waals surface area contributed by atoms with Gasteiger partial charge in [-0.3, -0.25) is 9.59 Å². The number of ketones is 1. The van der Waals surface area contributed by atoms with Crippen LogP contribution in [-0.4, -0.2) is 43.2 Å². The number of amides is 1. The number of hydrogen-bond donors (Lipinski definition) is 1. The van der Waals surface area contributed by atoms with Crippen LogP contribution in [0.1, 0.15) is 84.5 Å². The Morgan fingerprint density at radius 2 is 1.50 bits per heavy atom. The Labute approximate surface area is 158 Å². The van der Waals surface area contributed by atoms with E-state index in [2.05, 4.69) is 5.32 Å². The molecule has 0 radical (unpaired) electrons. The monoisotopic (exact) mass is 367 g/mol. The Hall–Kier alpha value is -0.940. The first-order valence-corrected chi connectivity index (χ1v) is 10.7. The number of nitrogens with one attached hydrogen (secondary N) is 1.